The predicted octanol–water partition coefficient (Wildman–Crippen LogP) is 3.05. The molecule has 0 spiro atoms. The molecule has 136 valence electrons. The van der Waals surface area contributed by atoms with Crippen molar-refractivity contribution < 1.29 is 23.8 Å². The second-order valence-corrected chi connectivity index (χ2v) is 6.61. The number of hydrogen-bond acceptors (Lipinski definition) is 5. The highest BCUT2D eigenvalue weighted by molar-refractivity contribution is 5.94. The zero-order valence-electron chi connectivity index (χ0n) is 15.0. The Bertz CT molecular complexity index is 827. The van der Waals surface area contributed by atoms with Gasteiger partial charge in [0.05, 0.1) is 5.54 Å². The number of carbonyl (C=O) groups is 2. The Hall–Kier alpha value is -3.02. The van der Waals surface area contributed by atoms with Crippen LogP contribution in [0.25, 0.3) is 0 Å². The second kappa shape index (κ2) is 7.07. The van der Waals surface area contributed by atoms with Gasteiger partial charge in [0.15, 0.2) is 23.9 Å². The molecular formula is C20H21NO5. The molecule has 1 aliphatic rings. The van der Waals surface area contributed by atoms with E-state index in [-0.39, 0.29) is 25.1 Å². The number of ether oxygens (including phenoxy) is 3. The van der Waals surface area contributed by atoms with Gasteiger partial charge < -0.3 is 19.5 Å². The molecule has 0 radical (unpaired) electrons. The molecule has 0 bridgehead atoms. The van der Waals surface area contributed by atoms with Crippen LogP contribution < -0.4 is 19.5 Å². The van der Waals surface area contributed by atoms with Crippen LogP contribution in [0.1, 0.15) is 36.7 Å². The minimum absolute atomic E-state index is 0.0141. The summed E-state index contributed by atoms with van der Waals surface area (Å²) in [6.45, 7) is 5.41. The second-order valence-electron chi connectivity index (χ2n) is 6.61. The van der Waals surface area contributed by atoms with Crippen LogP contribution in [0.15, 0.2) is 42.5 Å². The number of hydrogen-bond donors (Lipinski definition) is 1. The summed E-state index contributed by atoms with van der Waals surface area (Å²) in [5, 5.41) is 2.95. The van der Waals surface area contributed by atoms with Crippen LogP contribution in [0.5, 0.6) is 17.2 Å². The van der Waals surface area contributed by atoms with Crippen LogP contribution in [-0.2, 0) is 10.3 Å². The van der Waals surface area contributed by atoms with Crippen molar-refractivity contribution in [1.29, 1.82) is 0 Å². The Labute approximate surface area is 152 Å². The van der Waals surface area contributed by atoms with E-state index in [0.29, 0.717) is 22.8 Å². The largest absolute Gasteiger partial charge is 0.484 e. The number of rotatable bonds is 6. The van der Waals surface area contributed by atoms with E-state index in [1.165, 1.54) is 6.92 Å². The Morgan fingerprint density at radius 3 is 2.46 bits per heavy atom. The van der Waals surface area contributed by atoms with Gasteiger partial charge in [-0.2, -0.15) is 0 Å². The summed E-state index contributed by atoms with van der Waals surface area (Å²) in [6.07, 6.45) is 0. The Morgan fingerprint density at radius 1 is 1.08 bits per heavy atom. The van der Waals surface area contributed by atoms with E-state index in [1.807, 2.05) is 32.0 Å². The average molecular weight is 355 g/mol. The zero-order valence-corrected chi connectivity index (χ0v) is 15.0. The molecule has 0 saturated heterocycles. The van der Waals surface area contributed by atoms with E-state index in [9.17, 15) is 9.59 Å². The number of ketones is 1. The fraction of sp³-hybridized carbons (Fsp3) is 0.300. The molecule has 2 aromatic carbocycles. The topological polar surface area (TPSA) is 73.9 Å². The van der Waals surface area contributed by atoms with Crippen molar-refractivity contribution in [3.8, 4) is 17.2 Å². The lowest BCUT2D eigenvalue weighted by Gasteiger charge is -2.27. The molecule has 6 heteroatoms. The third kappa shape index (κ3) is 3.96. The van der Waals surface area contributed by atoms with Crippen molar-refractivity contribution in [3.05, 3.63) is 53.6 Å². The van der Waals surface area contributed by atoms with Crippen LogP contribution in [0.2, 0.25) is 0 Å². The minimum Gasteiger partial charge on any atom is -0.484 e. The van der Waals surface area contributed by atoms with Gasteiger partial charge in [-0.1, -0.05) is 6.07 Å². The van der Waals surface area contributed by atoms with Crippen LogP contribution in [0, 0.1) is 0 Å². The summed E-state index contributed by atoms with van der Waals surface area (Å²) in [5.74, 6) is 1.65. The summed E-state index contributed by atoms with van der Waals surface area (Å²) in [4.78, 5) is 23.5. The zero-order chi connectivity index (χ0) is 18.7. The molecule has 1 amide bonds. The first-order valence-electron chi connectivity index (χ1n) is 8.30. The Balaban J connectivity index is 1.59. The van der Waals surface area contributed by atoms with Gasteiger partial charge in [0.1, 0.15) is 5.75 Å². The van der Waals surface area contributed by atoms with Gasteiger partial charge in [0.2, 0.25) is 6.79 Å². The summed E-state index contributed by atoms with van der Waals surface area (Å²) < 4.78 is 16.2. The van der Waals surface area contributed by atoms with Crippen molar-refractivity contribution in [2.45, 2.75) is 26.3 Å². The number of nitrogens with one attached hydrogen (secondary N) is 1. The molecule has 0 aliphatic carbocycles. The van der Waals surface area contributed by atoms with Crippen molar-refractivity contribution >= 4 is 11.7 Å². The van der Waals surface area contributed by atoms with Crippen molar-refractivity contribution in [1.82, 2.24) is 5.32 Å². The van der Waals surface area contributed by atoms with Crippen molar-refractivity contribution in [3.63, 3.8) is 0 Å². The van der Waals surface area contributed by atoms with Gasteiger partial charge in [-0.25, -0.2) is 0 Å². The van der Waals surface area contributed by atoms with Crippen LogP contribution in [0.4, 0.5) is 0 Å². The lowest BCUT2D eigenvalue weighted by molar-refractivity contribution is -0.124. The van der Waals surface area contributed by atoms with Gasteiger partial charge >= 0.3 is 0 Å². The van der Waals surface area contributed by atoms with E-state index < -0.39 is 5.54 Å². The van der Waals surface area contributed by atoms with Gasteiger partial charge in [-0.15, -0.1) is 0 Å². The first-order chi connectivity index (χ1) is 12.3. The average Bonchev–Trinajstić information content (AvgIpc) is 3.07. The molecule has 3 rings (SSSR count). The maximum Gasteiger partial charge on any atom is 0.258 e. The SMILES string of the molecule is CC(=O)c1ccc(OCC(=O)NC(C)(C)c2ccc3c(c2)OCO3)cc1. The number of carbonyl (C=O) groups excluding carboxylic acids is 2. The van der Waals surface area contributed by atoms with Crippen LogP contribution >= 0.6 is 0 Å². The molecule has 0 atom stereocenters. The van der Waals surface area contributed by atoms with Gasteiger partial charge in [0, 0.05) is 5.56 Å². The van der Waals surface area contributed by atoms with Crippen molar-refractivity contribution in [2.24, 2.45) is 0 Å². The monoisotopic (exact) mass is 355 g/mol. The van der Waals surface area contributed by atoms with Gasteiger partial charge in [0.25, 0.3) is 5.91 Å². The van der Waals surface area contributed by atoms with Gasteiger partial charge in [-0.3, -0.25) is 9.59 Å². The summed E-state index contributed by atoms with van der Waals surface area (Å²) >= 11 is 0. The first-order valence-corrected chi connectivity index (χ1v) is 8.30. The summed E-state index contributed by atoms with van der Waals surface area (Å²) in [6, 6.07) is 12.3. The number of benzene rings is 2. The normalized spacial score (nSPS) is 12.6. The maximum absolute atomic E-state index is 12.3. The van der Waals surface area contributed by atoms with E-state index in [4.69, 9.17) is 14.2 Å². The molecule has 1 aliphatic heterocycles. The molecule has 1 N–H and O–H groups in total. The summed E-state index contributed by atoms with van der Waals surface area (Å²) in [7, 11) is 0. The van der Waals surface area contributed by atoms with Crippen molar-refractivity contribution in [2.75, 3.05) is 13.4 Å². The molecule has 0 fully saturated rings. The number of amides is 1. The van der Waals surface area contributed by atoms with E-state index in [0.717, 1.165) is 5.56 Å². The molecule has 1 heterocycles. The van der Waals surface area contributed by atoms with E-state index in [1.54, 1.807) is 24.3 Å². The molecule has 2 aromatic rings. The predicted molar refractivity (Wildman–Crippen MR) is 95.7 cm³/mol. The highest BCUT2D eigenvalue weighted by Crippen LogP contribution is 2.35. The fourth-order valence-electron chi connectivity index (χ4n) is 2.68. The first kappa shape index (κ1) is 17.8. The lowest BCUT2D eigenvalue weighted by atomic mass is 9.94. The quantitative estimate of drug-likeness (QED) is 0.806. The van der Waals surface area contributed by atoms with Crippen LogP contribution in [0.3, 0.4) is 0 Å². The number of Topliss-reactive ketones (excluding diaryl/α,β-unsaturated/α-hetero) is 1. The minimum atomic E-state index is -0.597. The molecule has 0 aromatic heterocycles. The number of fused-ring (bicyclic) bond motifs is 1. The smallest absolute Gasteiger partial charge is 0.258 e. The molecule has 0 saturated carbocycles. The fourth-order valence-corrected chi connectivity index (χ4v) is 2.68. The van der Waals surface area contributed by atoms with E-state index in [2.05, 4.69) is 5.32 Å². The molecular weight excluding hydrogens is 334 g/mol. The molecule has 26 heavy (non-hydrogen) atoms. The lowest BCUT2D eigenvalue weighted by Crippen LogP contribution is -2.43. The third-order valence-corrected chi connectivity index (χ3v) is 4.18. The highest BCUT2D eigenvalue weighted by atomic mass is 16.7. The molecule has 0 unspecified atom stereocenters. The summed E-state index contributed by atoms with van der Waals surface area (Å²) in [5.41, 5.74) is 0.909. The molecule has 6 nitrogen and oxygen atoms in total. The van der Waals surface area contributed by atoms with Crippen LogP contribution in [-0.4, -0.2) is 25.1 Å². The Morgan fingerprint density at radius 2 is 1.77 bits per heavy atom. The Kier molecular flexibility index (Phi) is 4.84. The maximum atomic E-state index is 12.3. The van der Waals surface area contributed by atoms with E-state index >= 15 is 0 Å². The third-order valence-electron chi connectivity index (χ3n) is 4.18. The standard InChI is InChI=1S/C20H21NO5/c1-13(22)14-4-7-16(8-5-14)24-11-19(23)21-20(2,3)15-6-9-17-18(10-15)26-12-25-17/h4-10H,11-12H2,1-3H3,(H,21,23). The highest BCUT2D eigenvalue weighted by Gasteiger charge is 2.25. The van der Waals surface area contributed by atoms with Gasteiger partial charge in [-0.05, 0) is 62.7 Å².